The van der Waals surface area contributed by atoms with E-state index >= 15 is 0 Å². The van der Waals surface area contributed by atoms with E-state index in [1.54, 1.807) is 7.11 Å². The van der Waals surface area contributed by atoms with Gasteiger partial charge in [0.1, 0.15) is 11.9 Å². The molecule has 1 aromatic carbocycles. The molecule has 104 valence electrons. The van der Waals surface area contributed by atoms with E-state index in [9.17, 15) is 0 Å². The van der Waals surface area contributed by atoms with Crippen LogP contribution >= 0.6 is 0 Å². The Hall–Kier alpha value is -1.79. The largest absolute Gasteiger partial charge is 0.497 e. The van der Waals surface area contributed by atoms with Crippen LogP contribution < -0.4 is 10.5 Å². The lowest BCUT2D eigenvalue weighted by molar-refractivity contribution is 0.00141. The molecule has 1 heterocycles. The maximum absolute atomic E-state index is 8.67. The smallest absolute Gasteiger partial charge is 0.169 e. The molecule has 1 aliphatic heterocycles. The minimum atomic E-state index is -0.336. The van der Waals surface area contributed by atoms with E-state index in [1.807, 2.05) is 24.3 Å². The van der Waals surface area contributed by atoms with Crippen LogP contribution in [-0.2, 0) is 11.3 Å². The van der Waals surface area contributed by atoms with Crippen molar-refractivity contribution in [1.82, 2.24) is 4.90 Å². The Kier molecular flexibility index (Phi) is 4.59. The van der Waals surface area contributed by atoms with Gasteiger partial charge in [0.15, 0.2) is 5.84 Å². The molecule has 0 saturated carbocycles. The number of hydrogen-bond acceptors (Lipinski definition) is 5. The van der Waals surface area contributed by atoms with Gasteiger partial charge in [0.2, 0.25) is 0 Å². The Labute approximate surface area is 112 Å². The monoisotopic (exact) mass is 265 g/mol. The molecular weight excluding hydrogens is 246 g/mol. The topological polar surface area (TPSA) is 80.3 Å². The number of methoxy groups -OCH3 is 1. The van der Waals surface area contributed by atoms with Crippen LogP contribution in [0.4, 0.5) is 0 Å². The molecule has 0 aromatic heterocycles. The first kappa shape index (κ1) is 13.6. The Morgan fingerprint density at radius 2 is 2.26 bits per heavy atom. The molecule has 0 aliphatic carbocycles. The Morgan fingerprint density at radius 1 is 1.53 bits per heavy atom. The van der Waals surface area contributed by atoms with Crippen molar-refractivity contribution in [3.63, 3.8) is 0 Å². The molecule has 2 rings (SSSR count). The first-order valence-electron chi connectivity index (χ1n) is 6.17. The number of oxime groups is 1. The molecule has 1 saturated heterocycles. The first-order chi connectivity index (χ1) is 9.22. The predicted octanol–water partition coefficient (Wildman–Crippen LogP) is 0.642. The second-order valence-electron chi connectivity index (χ2n) is 4.47. The number of nitrogens with zero attached hydrogens (tertiary/aromatic N) is 2. The van der Waals surface area contributed by atoms with E-state index < -0.39 is 0 Å². The van der Waals surface area contributed by atoms with Crippen molar-refractivity contribution in [3.8, 4) is 5.75 Å². The van der Waals surface area contributed by atoms with Gasteiger partial charge in [-0.3, -0.25) is 4.90 Å². The molecule has 0 radical (unpaired) electrons. The van der Waals surface area contributed by atoms with Crippen molar-refractivity contribution in [1.29, 1.82) is 0 Å². The van der Waals surface area contributed by atoms with Gasteiger partial charge in [-0.05, 0) is 17.7 Å². The predicted molar refractivity (Wildman–Crippen MR) is 71.4 cm³/mol. The van der Waals surface area contributed by atoms with E-state index in [0.717, 1.165) is 18.8 Å². The Bertz CT molecular complexity index is 433. The van der Waals surface area contributed by atoms with Crippen LogP contribution in [0.1, 0.15) is 5.56 Å². The lowest BCUT2D eigenvalue weighted by Gasteiger charge is -2.32. The van der Waals surface area contributed by atoms with Crippen LogP contribution in [0, 0.1) is 0 Å². The summed E-state index contributed by atoms with van der Waals surface area (Å²) >= 11 is 0. The van der Waals surface area contributed by atoms with Crippen molar-refractivity contribution in [2.45, 2.75) is 12.6 Å². The lowest BCUT2D eigenvalue weighted by Crippen LogP contribution is -2.48. The molecule has 1 fully saturated rings. The van der Waals surface area contributed by atoms with Crippen LogP contribution in [-0.4, -0.2) is 48.9 Å². The molecule has 0 amide bonds. The molecule has 6 heteroatoms. The normalized spacial score (nSPS) is 21.3. The molecule has 1 aliphatic rings. The molecule has 1 aromatic rings. The molecule has 3 N–H and O–H groups in total. The van der Waals surface area contributed by atoms with Crippen molar-refractivity contribution >= 4 is 5.84 Å². The van der Waals surface area contributed by atoms with Gasteiger partial charge < -0.3 is 20.4 Å². The highest BCUT2D eigenvalue weighted by atomic mass is 16.5. The van der Waals surface area contributed by atoms with Gasteiger partial charge in [-0.1, -0.05) is 17.3 Å². The van der Waals surface area contributed by atoms with Gasteiger partial charge in [0.05, 0.1) is 13.7 Å². The van der Waals surface area contributed by atoms with E-state index in [-0.39, 0.29) is 11.9 Å². The Balaban J connectivity index is 1.94. The summed E-state index contributed by atoms with van der Waals surface area (Å²) in [6, 6.07) is 7.95. The molecule has 1 atom stereocenters. The van der Waals surface area contributed by atoms with Gasteiger partial charge in [-0.2, -0.15) is 0 Å². The second kappa shape index (κ2) is 6.40. The summed E-state index contributed by atoms with van der Waals surface area (Å²) in [5.74, 6) is 0.972. The van der Waals surface area contributed by atoms with Crippen molar-refractivity contribution < 1.29 is 14.7 Å². The van der Waals surface area contributed by atoms with Gasteiger partial charge in [-0.15, -0.1) is 0 Å². The molecule has 19 heavy (non-hydrogen) atoms. The third-order valence-electron chi connectivity index (χ3n) is 3.16. The quantitative estimate of drug-likeness (QED) is 0.361. The fraction of sp³-hybridized carbons (Fsp3) is 0.462. The van der Waals surface area contributed by atoms with Gasteiger partial charge in [-0.25, -0.2) is 0 Å². The fourth-order valence-electron chi connectivity index (χ4n) is 2.08. The SMILES string of the molecule is COc1ccc(CN2CCOC(C(N)=NO)C2)cc1. The number of amidine groups is 1. The van der Waals surface area contributed by atoms with Crippen LogP contribution in [0.15, 0.2) is 29.4 Å². The minimum absolute atomic E-state index is 0.124. The summed E-state index contributed by atoms with van der Waals surface area (Å²) in [5.41, 5.74) is 6.77. The van der Waals surface area contributed by atoms with E-state index in [4.69, 9.17) is 20.4 Å². The van der Waals surface area contributed by atoms with E-state index in [1.165, 1.54) is 5.56 Å². The summed E-state index contributed by atoms with van der Waals surface area (Å²) in [7, 11) is 1.65. The standard InChI is InChI=1S/C13H19N3O3/c1-18-11-4-2-10(3-5-11)8-16-6-7-19-12(9-16)13(14)15-17/h2-5,12,17H,6-9H2,1H3,(H2,14,15). The number of benzene rings is 1. The van der Waals surface area contributed by atoms with Crippen molar-refractivity contribution in [3.05, 3.63) is 29.8 Å². The van der Waals surface area contributed by atoms with Gasteiger partial charge in [0.25, 0.3) is 0 Å². The number of hydrogen-bond donors (Lipinski definition) is 2. The van der Waals surface area contributed by atoms with Crippen LogP contribution in [0.5, 0.6) is 5.75 Å². The molecule has 0 spiro atoms. The molecule has 0 bridgehead atoms. The number of nitrogens with two attached hydrogens (primary N) is 1. The zero-order chi connectivity index (χ0) is 13.7. The summed E-state index contributed by atoms with van der Waals surface area (Å²) < 4.78 is 10.6. The van der Waals surface area contributed by atoms with Crippen molar-refractivity contribution in [2.75, 3.05) is 26.8 Å². The van der Waals surface area contributed by atoms with Gasteiger partial charge in [0, 0.05) is 19.6 Å². The zero-order valence-corrected chi connectivity index (χ0v) is 11.0. The lowest BCUT2D eigenvalue weighted by atomic mass is 10.1. The maximum Gasteiger partial charge on any atom is 0.169 e. The molecule has 6 nitrogen and oxygen atoms in total. The van der Waals surface area contributed by atoms with Crippen molar-refractivity contribution in [2.24, 2.45) is 10.9 Å². The minimum Gasteiger partial charge on any atom is -0.497 e. The third-order valence-corrected chi connectivity index (χ3v) is 3.16. The highest BCUT2D eigenvalue weighted by Gasteiger charge is 2.23. The van der Waals surface area contributed by atoms with Crippen LogP contribution in [0.2, 0.25) is 0 Å². The van der Waals surface area contributed by atoms with Crippen LogP contribution in [0.3, 0.4) is 0 Å². The summed E-state index contributed by atoms with van der Waals surface area (Å²) in [5, 5.41) is 11.7. The average Bonchev–Trinajstić information content (AvgIpc) is 2.47. The highest BCUT2D eigenvalue weighted by Crippen LogP contribution is 2.15. The number of rotatable bonds is 4. The highest BCUT2D eigenvalue weighted by molar-refractivity contribution is 5.84. The van der Waals surface area contributed by atoms with Gasteiger partial charge >= 0.3 is 0 Å². The summed E-state index contributed by atoms with van der Waals surface area (Å²) in [6.45, 7) is 2.85. The summed E-state index contributed by atoms with van der Waals surface area (Å²) in [4.78, 5) is 2.22. The summed E-state index contributed by atoms with van der Waals surface area (Å²) in [6.07, 6.45) is -0.336. The average molecular weight is 265 g/mol. The number of ether oxygens (including phenoxy) is 2. The van der Waals surface area contributed by atoms with E-state index in [0.29, 0.717) is 13.2 Å². The van der Waals surface area contributed by atoms with Crippen LogP contribution in [0.25, 0.3) is 0 Å². The third kappa shape index (κ3) is 3.59. The molecule has 1 unspecified atom stereocenters. The fourth-order valence-corrected chi connectivity index (χ4v) is 2.08. The second-order valence-corrected chi connectivity index (χ2v) is 4.47. The first-order valence-corrected chi connectivity index (χ1v) is 6.17. The zero-order valence-electron chi connectivity index (χ0n) is 11.0. The maximum atomic E-state index is 8.67. The molecular formula is C13H19N3O3. The van der Waals surface area contributed by atoms with E-state index in [2.05, 4.69) is 10.1 Å². The Morgan fingerprint density at radius 3 is 2.89 bits per heavy atom. The number of morpholine rings is 1.